The van der Waals surface area contributed by atoms with Crippen LogP contribution in [-0.4, -0.2) is 8.42 Å². The summed E-state index contributed by atoms with van der Waals surface area (Å²) in [7, 11) is -4.89. The third kappa shape index (κ3) is 12.1. The number of rotatable bonds is 14. The number of hydrogen-bond donors (Lipinski definition) is 0. The van der Waals surface area contributed by atoms with Crippen molar-refractivity contribution in [2.24, 2.45) is 0 Å². The van der Waals surface area contributed by atoms with Crippen molar-refractivity contribution in [3.8, 4) is 89.0 Å². The van der Waals surface area contributed by atoms with Crippen LogP contribution in [0.2, 0.25) is 0 Å². The van der Waals surface area contributed by atoms with E-state index in [1.807, 2.05) is 0 Å². The molecule has 133 heavy (non-hydrogen) atoms. The predicted molar refractivity (Wildman–Crippen MR) is 575 cm³/mol. The number of sulfone groups is 1. The minimum absolute atomic E-state index is 0.294. The van der Waals surface area contributed by atoms with Gasteiger partial charge in [-0.25, -0.2) is 8.42 Å². The molecule has 0 fully saturated rings. The molecule has 2 heterocycles. The Morgan fingerprint density at radius 3 is 0.699 bits per heavy atom. The average Bonchev–Trinajstić information content (AvgIpc) is 1.64. The Morgan fingerprint density at radius 1 is 0.180 bits per heavy atom. The van der Waals surface area contributed by atoms with Crippen molar-refractivity contribution in [2.45, 2.75) is 63.2 Å². The molecule has 0 aliphatic heterocycles. The van der Waals surface area contributed by atoms with Crippen LogP contribution in [0.15, 0.2) is 410 Å². The first-order valence-corrected chi connectivity index (χ1v) is 49.8. The Kier molecular flexibility index (Phi) is 18.4. The van der Waals surface area contributed by atoms with E-state index in [-0.39, 0.29) is 0 Å². The Balaban J connectivity index is 0.798. The summed E-state index contributed by atoms with van der Waals surface area (Å²) >= 11 is 3.39. The van der Waals surface area contributed by atoms with Crippen LogP contribution < -0.4 is 0 Å². The topological polar surface area (TPSA) is 34.1 Å². The molecule has 0 saturated heterocycles. The molecule has 0 bridgehead atoms. The molecule has 0 radical (unpaired) electrons. The van der Waals surface area contributed by atoms with Crippen LogP contribution in [0.25, 0.3) is 259 Å². The van der Waals surface area contributed by atoms with Crippen LogP contribution in [0.1, 0.15) is 49.9 Å². The van der Waals surface area contributed by atoms with E-state index in [1.54, 1.807) is 22.7 Å². The first-order valence-electron chi connectivity index (χ1n) is 46.6. The molecule has 0 saturated carbocycles. The molecule has 0 aliphatic rings. The predicted octanol–water partition coefficient (Wildman–Crippen LogP) is 36.7. The molecular formula is C128H86O2S3. The van der Waals surface area contributed by atoms with Gasteiger partial charge in [0.2, 0.25) is 9.84 Å². The summed E-state index contributed by atoms with van der Waals surface area (Å²) in [4.78, 5) is 0.587. The van der Waals surface area contributed by atoms with Gasteiger partial charge in [-0.1, -0.05) is 380 Å². The minimum Gasteiger partial charge on any atom is -0.218 e. The van der Waals surface area contributed by atoms with E-state index in [9.17, 15) is 0 Å². The van der Waals surface area contributed by atoms with Crippen LogP contribution in [0, 0.1) is 0 Å². The molecule has 26 rings (SSSR count). The van der Waals surface area contributed by atoms with E-state index in [1.165, 1.54) is 109 Å². The zero-order valence-corrected chi connectivity index (χ0v) is 76.4. The quantitative estimate of drug-likeness (QED) is 0.102. The number of thiophene rings is 2. The highest BCUT2D eigenvalue weighted by Crippen LogP contribution is 2.58. The second-order valence-corrected chi connectivity index (χ2v) is 40.0. The van der Waals surface area contributed by atoms with Gasteiger partial charge in [-0.3, -0.25) is 0 Å². The normalized spacial score (nSPS) is 12.2. The number of benzene rings is 24. The molecule has 0 spiro atoms. The van der Waals surface area contributed by atoms with Gasteiger partial charge in [-0.15, -0.1) is 22.7 Å². The van der Waals surface area contributed by atoms with E-state index in [0.29, 0.717) is 44.5 Å². The van der Waals surface area contributed by atoms with Crippen LogP contribution in [-0.2, 0) is 35.5 Å². The fraction of sp³-hybridized carbons (Fsp3) is 0.0625. The monoisotopic (exact) mass is 1750 g/mol. The van der Waals surface area contributed by atoms with E-state index in [4.69, 9.17) is 0 Å². The maximum Gasteiger partial charge on any atom is 0.209 e. The van der Waals surface area contributed by atoms with Gasteiger partial charge in [0.15, 0.2) is 0 Å². The fourth-order valence-electron chi connectivity index (χ4n) is 23.2. The highest BCUT2D eigenvalue weighted by molar-refractivity contribution is 7.92. The van der Waals surface area contributed by atoms with E-state index >= 15 is 8.42 Å². The number of fused-ring (bicyclic) bond motifs is 18. The summed E-state index contributed by atoms with van der Waals surface area (Å²) in [6.45, 7) is 9.06. The summed E-state index contributed by atoms with van der Waals surface area (Å²) in [6.07, 6.45) is 3.04. The Bertz CT molecular complexity index is 9130. The van der Waals surface area contributed by atoms with Crippen LogP contribution >= 0.6 is 22.7 Å². The van der Waals surface area contributed by atoms with E-state index in [0.717, 1.165) is 163 Å². The maximum absolute atomic E-state index is 19.8. The van der Waals surface area contributed by atoms with Crippen molar-refractivity contribution in [2.75, 3.05) is 0 Å². The highest BCUT2D eigenvalue weighted by atomic mass is 32.2. The average molecular weight is 1750 g/mol. The first-order chi connectivity index (χ1) is 65.6. The zero-order valence-electron chi connectivity index (χ0n) is 74.0. The summed E-state index contributed by atoms with van der Waals surface area (Å²) < 4.78 is 43.3. The molecule has 24 aromatic carbocycles. The molecule has 2 aromatic heterocycles. The van der Waals surface area contributed by atoms with Crippen molar-refractivity contribution >= 4 is 202 Å². The lowest BCUT2D eigenvalue weighted by Crippen LogP contribution is -2.09. The number of hydrogen-bond acceptors (Lipinski definition) is 4. The Hall–Kier alpha value is -15.2. The molecule has 2 nitrogen and oxygen atoms in total. The lowest BCUT2D eigenvalue weighted by molar-refractivity contribution is 0.598. The second kappa shape index (κ2) is 31.0. The van der Waals surface area contributed by atoms with Crippen LogP contribution in [0.3, 0.4) is 0 Å². The van der Waals surface area contributed by atoms with Gasteiger partial charge in [0.05, 0.1) is 9.79 Å². The SMILES string of the molecule is CCc1cccc2c(-c3ccc4ccccc4c3)c3ccccc3c(-c3ccc4c(c3)sc3ccc(-c5c6ccccc6c(-c6ccc7ccccc7c6)c6cccc(CC)c56)c(S(=O)(=O)c5c(-c6c7ccccc7c(-c7ccc8ccccc8c7)c7cccc(CC)c67)ccc6sc7cc(-c8c9ccccc9c(-c9ccc%10ccccc%10c9)c9cccc(CC)c89)ccc7c56)c34)c12. The van der Waals surface area contributed by atoms with Gasteiger partial charge >= 0.3 is 0 Å². The smallest absolute Gasteiger partial charge is 0.209 e. The Labute approximate surface area is 779 Å². The fourth-order valence-corrected chi connectivity index (χ4v) is 27.7. The van der Waals surface area contributed by atoms with Gasteiger partial charge in [0.1, 0.15) is 0 Å². The lowest BCUT2D eigenvalue weighted by atomic mass is 9.83. The van der Waals surface area contributed by atoms with Crippen LogP contribution in [0.4, 0.5) is 0 Å². The van der Waals surface area contributed by atoms with Gasteiger partial charge < -0.3 is 0 Å². The van der Waals surface area contributed by atoms with Crippen molar-refractivity contribution in [3.05, 3.63) is 423 Å². The molecule has 0 N–H and O–H groups in total. The summed E-state index contributed by atoms with van der Waals surface area (Å²) in [5.74, 6) is 0. The molecule has 0 aliphatic carbocycles. The molecular weight excluding hydrogens is 1670 g/mol. The van der Waals surface area contributed by atoms with Gasteiger partial charge in [-0.2, -0.15) is 0 Å². The van der Waals surface area contributed by atoms with Crippen molar-refractivity contribution in [1.29, 1.82) is 0 Å². The van der Waals surface area contributed by atoms with E-state index in [2.05, 4.69) is 428 Å². The largest absolute Gasteiger partial charge is 0.218 e. The lowest BCUT2D eigenvalue weighted by Gasteiger charge is -2.24. The Morgan fingerprint density at radius 2 is 0.414 bits per heavy atom. The van der Waals surface area contributed by atoms with Crippen LogP contribution in [0.5, 0.6) is 0 Å². The van der Waals surface area contributed by atoms with Crippen molar-refractivity contribution in [1.82, 2.24) is 0 Å². The number of aryl methyl sites for hydroxylation is 4. The molecule has 628 valence electrons. The van der Waals surface area contributed by atoms with Gasteiger partial charge in [0.25, 0.3) is 0 Å². The van der Waals surface area contributed by atoms with Crippen molar-refractivity contribution in [3.63, 3.8) is 0 Å². The second-order valence-electron chi connectivity index (χ2n) is 36.0. The summed E-state index contributed by atoms with van der Waals surface area (Å²) in [5.41, 5.74) is 21.6. The third-order valence-corrected chi connectivity index (χ3v) is 33.2. The molecule has 0 unspecified atom stereocenters. The molecule has 0 amide bonds. The summed E-state index contributed by atoms with van der Waals surface area (Å²) in [5, 5.41) is 30.5. The molecule has 5 heteroatoms. The third-order valence-electron chi connectivity index (χ3n) is 29.1. The van der Waals surface area contributed by atoms with E-state index < -0.39 is 9.84 Å². The molecule has 26 aromatic rings. The highest BCUT2D eigenvalue weighted by Gasteiger charge is 2.37. The van der Waals surface area contributed by atoms with Gasteiger partial charge in [-0.05, 0) is 304 Å². The minimum atomic E-state index is -4.89. The summed E-state index contributed by atoms with van der Waals surface area (Å²) in [6, 6.07) is 148. The first kappa shape index (κ1) is 78.8. The van der Waals surface area contributed by atoms with Gasteiger partial charge in [0, 0.05) is 51.5 Å². The van der Waals surface area contributed by atoms with Crippen molar-refractivity contribution < 1.29 is 8.42 Å². The molecule has 0 atom stereocenters. The maximum atomic E-state index is 19.8. The standard InChI is InChI=1S/C128H86O2S3/c1-5-75-37-25-49-103-113(87-57-53-79-29-9-13-33-83(79)69-87)93-41-17-21-45-97(93)121(117(75)103)91-61-63-101-111(73-91)131-109-67-65-107(123-99-47-23-19-43-95(99)115(105-51-27-39-77(7-3)119(105)123)89-59-55-81-31-11-15-35-85(81)71-89)127(125(101)109)133(129,130)128-108(124-100-48-24-20-44-96(100)116(106-52-28-40-78(8-4)120(106)124)90-60-56-82-32-12-16-36-86(82)72-90)66-68-110-126(128)102-64-62-92(74-112(102)132-110)122-98-46-22-18-42-94(98)114(104-50-26-38-76(6-2)118(104)122)88-58-54-80-30-10-14-34-84(80)70-88/h9-74H,5-8H2,1-4H3. The zero-order chi connectivity index (χ0) is 88.6.